The number of piperidine rings is 1. The second kappa shape index (κ2) is 6.80. The van der Waals surface area contributed by atoms with Crippen molar-refractivity contribution in [3.63, 3.8) is 0 Å². The molecule has 3 amide bonds. The van der Waals surface area contributed by atoms with E-state index in [1.165, 1.54) is 4.90 Å². The number of nitrogens with one attached hydrogen (secondary N) is 2. The fourth-order valence-corrected chi connectivity index (χ4v) is 4.94. The number of thiazole rings is 1. The standard InChI is InChI=1S/C17H26N4O2S/c1-4-7-17(13-5-8-18-9-6-13)15(22)21(16(23)20-17)10-14-11(2)19-12(3)24-14/h13,18H,4-10H2,1-3H3,(H,20,23). The summed E-state index contributed by atoms with van der Waals surface area (Å²) >= 11 is 1.56. The first-order valence-electron chi connectivity index (χ1n) is 8.75. The van der Waals surface area contributed by atoms with Crippen LogP contribution in [-0.2, 0) is 11.3 Å². The first-order valence-corrected chi connectivity index (χ1v) is 9.57. The molecule has 0 bridgehead atoms. The number of carbonyl (C=O) groups is 2. The minimum atomic E-state index is -0.721. The van der Waals surface area contributed by atoms with Crippen molar-refractivity contribution >= 4 is 23.3 Å². The lowest BCUT2D eigenvalue weighted by Gasteiger charge is -2.37. The zero-order valence-corrected chi connectivity index (χ0v) is 15.5. The third-order valence-corrected chi connectivity index (χ3v) is 6.24. The number of aromatic nitrogens is 1. The lowest BCUT2D eigenvalue weighted by molar-refractivity contribution is -0.134. The maximum absolute atomic E-state index is 13.3. The summed E-state index contributed by atoms with van der Waals surface area (Å²) in [5.41, 5.74) is 0.189. The van der Waals surface area contributed by atoms with Gasteiger partial charge in [0.2, 0.25) is 0 Å². The van der Waals surface area contributed by atoms with Crippen molar-refractivity contribution in [2.75, 3.05) is 13.1 Å². The number of amides is 3. The molecule has 1 atom stereocenters. The predicted molar refractivity (Wildman–Crippen MR) is 93.9 cm³/mol. The van der Waals surface area contributed by atoms with Crippen molar-refractivity contribution in [1.82, 2.24) is 20.5 Å². The molecule has 0 aromatic carbocycles. The van der Waals surface area contributed by atoms with Crippen molar-refractivity contribution in [3.05, 3.63) is 15.6 Å². The summed E-state index contributed by atoms with van der Waals surface area (Å²) in [6.45, 7) is 8.10. The number of imide groups is 1. The van der Waals surface area contributed by atoms with E-state index >= 15 is 0 Å². The zero-order valence-electron chi connectivity index (χ0n) is 14.6. The Balaban J connectivity index is 1.86. The highest BCUT2D eigenvalue weighted by atomic mass is 32.1. The second-order valence-corrected chi connectivity index (χ2v) is 8.10. The molecule has 7 heteroatoms. The maximum Gasteiger partial charge on any atom is 0.325 e. The number of hydrogen-bond acceptors (Lipinski definition) is 5. The molecule has 2 aliphatic heterocycles. The van der Waals surface area contributed by atoms with Crippen molar-refractivity contribution in [2.45, 2.75) is 58.5 Å². The van der Waals surface area contributed by atoms with Gasteiger partial charge in [-0.05, 0) is 52.1 Å². The quantitative estimate of drug-likeness (QED) is 0.800. The van der Waals surface area contributed by atoms with E-state index in [1.54, 1.807) is 11.3 Å². The Kier molecular flexibility index (Phi) is 4.92. The summed E-state index contributed by atoms with van der Waals surface area (Å²) in [6, 6.07) is -0.252. The van der Waals surface area contributed by atoms with Crippen molar-refractivity contribution < 1.29 is 9.59 Å². The molecule has 6 nitrogen and oxygen atoms in total. The maximum atomic E-state index is 13.3. The Morgan fingerprint density at radius 2 is 2.00 bits per heavy atom. The van der Waals surface area contributed by atoms with Crippen LogP contribution in [0.2, 0.25) is 0 Å². The molecule has 24 heavy (non-hydrogen) atoms. The van der Waals surface area contributed by atoms with E-state index in [4.69, 9.17) is 0 Å². The largest absolute Gasteiger partial charge is 0.325 e. The first kappa shape index (κ1) is 17.4. The molecule has 2 saturated heterocycles. The minimum Gasteiger partial charge on any atom is -0.323 e. The molecule has 2 N–H and O–H groups in total. The molecule has 0 saturated carbocycles. The third kappa shape index (κ3) is 2.95. The summed E-state index contributed by atoms with van der Waals surface area (Å²) in [5, 5.41) is 7.38. The fourth-order valence-electron chi connectivity index (χ4n) is 4.01. The highest BCUT2D eigenvalue weighted by molar-refractivity contribution is 7.11. The van der Waals surface area contributed by atoms with Gasteiger partial charge in [-0.25, -0.2) is 9.78 Å². The normalized spacial score (nSPS) is 25.4. The van der Waals surface area contributed by atoms with Crippen LogP contribution in [0, 0.1) is 19.8 Å². The first-order chi connectivity index (χ1) is 11.5. The lowest BCUT2D eigenvalue weighted by atomic mass is 9.75. The van der Waals surface area contributed by atoms with Gasteiger partial charge in [-0.3, -0.25) is 9.69 Å². The van der Waals surface area contributed by atoms with E-state index in [0.29, 0.717) is 13.0 Å². The smallest absolute Gasteiger partial charge is 0.323 e. The number of hydrogen-bond donors (Lipinski definition) is 2. The Labute approximate surface area is 147 Å². The molecule has 2 aliphatic rings. The molecular weight excluding hydrogens is 324 g/mol. The van der Waals surface area contributed by atoms with Crippen LogP contribution in [0.25, 0.3) is 0 Å². The van der Waals surface area contributed by atoms with E-state index in [-0.39, 0.29) is 17.9 Å². The Morgan fingerprint density at radius 1 is 1.29 bits per heavy atom. The van der Waals surface area contributed by atoms with Gasteiger partial charge in [-0.15, -0.1) is 11.3 Å². The molecule has 0 aliphatic carbocycles. The molecule has 132 valence electrons. The number of urea groups is 1. The van der Waals surface area contributed by atoms with Gasteiger partial charge < -0.3 is 10.6 Å². The fraction of sp³-hybridized carbons (Fsp3) is 0.706. The highest BCUT2D eigenvalue weighted by Crippen LogP contribution is 2.36. The van der Waals surface area contributed by atoms with Crippen LogP contribution >= 0.6 is 11.3 Å². The average Bonchev–Trinajstić information content (AvgIpc) is 3.00. The molecule has 3 rings (SSSR count). The molecular formula is C17H26N4O2S. The second-order valence-electron chi connectivity index (χ2n) is 6.81. The van der Waals surface area contributed by atoms with E-state index in [0.717, 1.165) is 47.9 Å². The summed E-state index contributed by atoms with van der Waals surface area (Å²) in [6.07, 6.45) is 3.44. The minimum absolute atomic E-state index is 0.0493. The monoisotopic (exact) mass is 350 g/mol. The number of carbonyl (C=O) groups excluding carboxylic acids is 2. The van der Waals surface area contributed by atoms with Crippen LogP contribution in [0.1, 0.15) is 48.2 Å². The number of nitrogens with zero attached hydrogens (tertiary/aromatic N) is 2. The van der Waals surface area contributed by atoms with E-state index in [2.05, 4.69) is 22.5 Å². The van der Waals surface area contributed by atoms with Crippen LogP contribution < -0.4 is 10.6 Å². The van der Waals surface area contributed by atoms with Crippen molar-refractivity contribution in [3.8, 4) is 0 Å². The summed E-state index contributed by atoms with van der Waals surface area (Å²) < 4.78 is 0. The molecule has 1 aromatic rings. The Morgan fingerprint density at radius 3 is 2.58 bits per heavy atom. The highest BCUT2D eigenvalue weighted by Gasteiger charge is 2.54. The Bertz CT molecular complexity index is 639. The molecule has 0 spiro atoms. The van der Waals surface area contributed by atoms with Crippen LogP contribution in [0.3, 0.4) is 0 Å². The van der Waals surface area contributed by atoms with Crippen LogP contribution in [0.15, 0.2) is 0 Å². The SMILES string of the molecule is CCCC1(C2CCNCC2)NC(=O)N(Cc2sc(C)nc2C)C1=O. The van der Waals surface area contributed by atoms with Gasteiger partial charge in [-0.1, -0.05) is 13.3 Å². The van der Waals surface area contributed by atoms with Crippen molar-refractivity contribution in [1.29, 1.82) is 0 Å². The van der Waals surface area contributed by atoms with Crippen LogP contribution in [0.5, 0.6) is 0 Å². The van der Waals surface area contributed by atoms with Gasteiger partial charge in [-0.2, -0.15) is 0 Å². The average molecular weight is 350 g/mol. The van der Waals surface area contributed by atoms with E-state index in [9.17, 15) is 9.59 Å². The van der Waals surface area contributed by atoms with Gasteiger partial charge in [0, 0.05) is 4.88 Å². The van der Waals surface area contributed by atoms with Crippen molar-refractivity contribution in [2.24, 2.45) is 5.92 Å². The van der Waals surface area contributed by atoms with Gasteiger partial charge in [0.15, 0.2) is 0 Å². The number of rotatable bonds is 5. The van der Waals surface area contributed by atoms with Gasteiger partial charge in [0.05, 0.1) is 17.2 Å². The van der Waals surface area contributed by atoms with E-state index < -0.39 is 5.54 Å². The Hall–Kier alpha value is -1.47. The summed E-state index contributed by atoms with van der Waals surface area (Å²) in [5.74, 6) is 0.163. The van der Waals surface area contributed by atoms with E-state index in [1.807, 2.05) is 13.8 Å². The van der Waals surface area contributed by atoms with Gasteiger partial charge in [0.1, 0.15) is 5.54 Å². The topological polar surface area (TPSA) is 74.3 Å². The van der Waals surface area contributed by atoms with Crippen LogP contribution in [0.4, 0.5) is 4.79 Å². The summed E-state index contributed by atoms with van der Waals surface area (Å²) in [7, 11) is 0. The van der Waals surface area contributed by atoms with Crippen LogP contribution in [-0.4, -0.2) is 40.5 Å². The molecule has 1 unspecified atom stereocenters. The summed E-state index contributed by atoms with van der Waals surface area (Å²) in [4.78, 5) is 32.7. The van der Waals surface area contributed by atoms with Gasteiger partial charge in [0.25, 0.3) is 5.91 Å². The molecule has 0 radical (unpaired) electrons. The lowest BCUT2D eigenvalue weighted by Crippen LogP contribution is -2.55. The molecule has 1 aromatic heterocycles. The third-order valence-electron chi connectivity index (χ3n) is 5.18. The molecule has 3 heterocycles. The van der Waals surface area contributed by atoms with Gasteiger partial charge >= 0.3 is 6.03 Å². The predicted octanol–water partition coefficient (Wildman–Crippen LogP) is 2.35. The molecule has 2 fully saturated rings. The number of aryl methyl sites for hydroxylation is 2. The zero-order chi connectivity index (χ0) is 17.3.